The summed E-state index contributed by atoms with van der Waals surface area (Å²) in [5, 5.41) is 2.82. The molecule has 0 radical (unpaired) electrons. The summed E-state index contributed by atoms with van der Waals surface area (Å²) in [5.74, 6) is 0.289. The van der Waals surface area contributed by atoms with Gasteiger partial charge in [-0.3, -0.25) is 4.79 Å². The third-order valence-electron chi connectivity index (χ3n) is 4.19. The molecule has 1 aliphatic heterocycles. The maximum absolute atomic E-state index is 12.2. The number of ether oxygens (including phenoxy) is 1. The molecule has 4 N–H and O–H groups in total. The number of methoxy groups -OCH3 is 1. The molecule has 0 atom stereocenters. The third kappa shape index (κ3) is 5.30. The van der Waals surface area contributed by atoms with E-state index in [9.17, 15) is 18.0 Å². The van der Waals surface area contributed by atoms with Crippen molar-refractivity contribution in [2.45, 2.75) is 19.3 Å². The fraction of sp³-hybridized carbons (Fsp3) is 0.533. The lowest BCUT2D eigenvalue weighted by Gasteiger charge is -2.30. The van der Waals surface area contributed by atoms with E-state index < -0.39 is 16.2 Å². The minimum atomic E-state index is -3.87. The summed E-state index contributed by atoms with van der Waals surface area (Å²) in [6, 6.07) is 2.20. The van der Waals surface area contributed by atoms with Gasteiger partial charge in [0.05, 0.1) is 7.11 Å². The van der Waals surface area contributed by atoms with E-state index in [4.69, 9.17) is 10.5 Å². The van der Waals surface area contributed by atoms with Crippen LogP contribution < -0.4 is 20.5 Å². The van der Waals surface area contributed by atoms with Crippen LogP contribution in [0.4, 0.5) is 4.79 Å². The number of nitrogens with one attached hydrogen (secondary N) is 2. The molecule has 0 spiro atoms. The van der Waals surface area contributed by atoms with E-state index in [1.54, 1.807) is 23.1 Å². The Kier molecular flexibility index (Phi) is 6.75. The first kappa shape index (κ1) is 19.9. The number of rotatable bonds is 7. The van der Waals surface area contributed by atoms with E-state index in [2.05, 4.69) is 10.3 Å². The van der Waals surface area contributed by atoms with Gasteiger partial charge in [0.2, 0.25) is 5.88 Å². The Hall–Kier alpha value is -2.40. The summed E-state index contributed by atoms with van der Waals surface area (Å²) >= 11 is 0. The molecule has 2 heterocycles. The van der Waals surface area contributed by atoms with Crippen LogP contribution in [0.1, 0.15) is 29.6 Å². The van der Waals surface area contributed by atoms with E-state index in [1.165, 1.54) is 11.4 Å². The van der Waals surface area contributed by atoms with E-state index >= 15 is 0 Å². The average Bonchev–Trinajstić information content (AvgIpc) is 2.61. The molecule has 0 unspecified atom stereocenters. The van der Waals surface area contributed by atoms with Crippen molar-refractivity contribution < 1.29 is 22.7 Å². The molecular weight excluding hydrogens is 362 g/mol. The average molecular weight is 385 g/mol. The molecule has 26 heavy (non-hydrogen) atoms. The first-order valence-electron chi connectivity index (χ1n) is 8.18. The van der Waals surface area contributed by atoms with Crippen molar-refractivity contribution in [3.05, 3.63) is 23.9 Å². The summed E-state index contributed by atoms with van der Waals surface area (Å²) in [6.45, 7) is 1.07. The summed E-state index contributed by atoms with van der Waals surface area (Å²) in [5.41, 5.74) is 5.23. The van der Waals surface area contributed by atoms with Crippen LogP contribution in [0, 0.1) is 5.92 Å². The number of carbonyl (C=O) groups is 2. The summed E-state index contributed by atoms with van der Waals surface area (Å²) in [6.07, 6.45) is 3.56. The molecule has 1 aliphatic rings. The van der Waals surface area contributed by atoms with Crippen molar-refractivity contribution in [2.24, 2.45) is 11.7 Å². The number of pyridine rings is 1. The minimum absolute atomic E-state index is 0.263. The van der Waals surface area contributed by atoms with Crippen molar-refractivity contribution in [1.82, 2.24) is 19.3 Å². The van der Waals surface area contributed by atoms with Crippen LogP contribution in [-0.4, -0.2) is 56.4 Å². The van der Waals surface area contributed by atoms with Gasteiger partial charge in [-0.2, -0.15) is 12.7 Å². The van der Waals surface area contributed by atoms with Gasteiger partial charge in [0.1, 0.15) is 5.56 Å². The van der Waals surface area contributed by atoms with E-state index in [1.807, 2.05) is 0 Å². The number of urea groups is 1. The van der Waals surface area contributed by atoms with Gasteiger partial charge in [-0.25, -0.2) is 14.5 Å². The van der Waals surface area contributed by atoms with Gasteiger partial charge < -0.3 is 15.8 Å². The molecule has 11 heteroatoms. The number of primary amides is 1. The SMILES string of the molecule is COc1ncccc1C(=O)NCCC1CCN(S(=O)(=O)NC(N)=O)CC1. The van der Waals surface area contributed by atoms with Crippen LogP contribution in [0.2, 0.25) is 0 Å². The molecule has 10 nitrogen and oxygen atoms in total. The zero-order valence-electron chi connectivity index (χ0n) is 14.5. The zero-order chi connectivity index (χ0) is 19.2. The fourth-order valence-corrected chi connectivity index (χ4v) is 3.92. The molecule has 1 saturated heterocycles. The number of amides is 3. The predicted molar refractivity (Wildman–Crippen MR) is 93.7 cm³/mol. The van der Waals surface area contributed by atoms with Crippen molar-refractivity contribution in [3.63, 3.8) is 0 Å². The van der Waals surface area contributed by atoms with Gasteiger partial charge in [0.25, 0.3) is 5.91 Å². The standard InChI is InChI=1S/C15H23N5O5S/c1-25-14-12(3-2-7-18-14)13(21)17-8-4-11-5-9-20(10-6-11)26(23,24)19-15(16)22/h2-3,7,11H,4-6,8-10H2,1H3,(H,17,21)(H3,16,19,22). The lowest BCUT2D eigenvalue weighted by Crippen LogP contribution is -2.48. The molecular formula is C15H23N5O5S. The van der Waals surface area contributed by atoms with Crippen LogP contribution in [0.15, 0.2) is 18.3 Å². The van der Waals surface area contributed by atoms with Crippen molar-refractivity contribution >= 4 is 22.1 Å². The van der Waals surface area contributed by atoms with Crippen molar-refractivity contribution in [2.75, 3.05) is 26.7 Å². The van der Waals surface area contributed by atoms with Gasteiger partial charge in [-0.05, 0) is 37.3 Å². The quantitative estimate of drug-likeness (QED) is 0.595. The maximum atomic E-state index is 12.2. The van der Waals surface area contributed by atoms with Crippen LogP contribution in [0.5, 0.6) is 5.88 Å². The Labute approximate surface area is 152 Å². The molecule has 0 aromatic carbocycles. The van der Waals surface area contributed by atoms with Gasteiger partial charge in [-0.15, -0.1) is 0 Å². The third-order valence-corrected chi connectivity index (χ3v) is 5.69. The molecule has 1 aromatic heterocycles. The Morgan fingerprint density at radius 2 is 2.08 bits per heavy atom. The monoisotopic (exact) mass is 385 g/mol. The van der Waals surface area contributed by atoms with Crippen LogP contribution in [0.25, 0.3) is 0 Å². The number of carbonyl (C=O) groups excluding carboxylic acids is 2. The highest BCUT2D eigenvalue weighted by atomic mass is 32.2. The van der Waals surface area contributed by atoms with Gasteiger partial charge >= 0.3 is 16.2 Å². The second-order valence-corrected chi connectivity index (χ2v) is 7.59. The summed E-state index contributed by atoms with van der Waals surface area (Å²) < 4.78 is 31.7. The highest BCUT2D eigenvalue weighted by Crippen LogP contribution is 2.21. The molecule has 144 valence electrons. The Bertz CT molecular complexity index is 747. The second kappa shape index (κ2) is 8.81. The first-order chi connectivity index (χ1) is 12.3. The molecule has 2 rings (SSSR count). The summed E-state index contributed by atoms with van der Waals surface area (Å²) in [7, 11) is -2.41. The molecule has 3 amide bonds. The van der Waals surface area contributed by atoms with Crippen LogP contribution in [-0.2, 0) is 10.2 Å². The highest BCUT2D eigenvalue weighted by Gasteiger charge is 2.28. The minimum Gasteiger partial charge on any atom is -0.480 e. The van der Waals surface area contributed by atoms with Crippen molar-refractivity contribution in [1.29, 1.82) is 0 Å². The Morgan fingerprint density at radius 1 is 1.38 bits per heavy atom. The Morgan fingerprint density at radius 3 is 2.69 bits per heavy atom. The molecule has 0 bridgehead atoms. The van der Waals surface area contributed by atoms with Crippen LogP contribution in [0.3, 0.4) is 0 Å². The molecule has 0 aliphatic carbocycles. The second-order valence-electron chi connectivity index (χ2n) is 5.92. The predicted octanol–water partition coefficient (Wildman–Crippen LogP) is -0.165. The van der Waals surface area contributed by atoms with Crippen molar-refractivity contribution in [3.8, 4) is 5.88 Å². The number of piperidine rings is 1. The topological polar surface area (TPSA) is 144 Å². The fourth-order valence-electron chi connectivity index (χ4n) is 2.84. The van der Waals surface area contributed by atoms with Gasteiger partial charge in [-0.1, -0.05) is 0 Å². The normalized spacial score (nSPS) is 16.0. The number of nitrogens with zero attached hydrogens (tertiary/aromatic N) is 2. The lowest BCUT2D eigenvalue weighted by atomic mass is 9.95. The molecule has 0 saturated carbocycles. The van der Waals surface area contributed by atoms with Crippen LogP contribution >= 0.6 is 0 Å². The number of nitrogens with two attached hydrogens (primary N) is 1. The maximum Gasteiger partial charge on any atom is 0.326 e. The first-order valence-corrected chi connectivity index (χ1v) is 9.62. The Balaban J connectivity index is 1.77. The van der Waals surface area contributed by atoms with E-state index in [0.29, 0.717) is 38.0 Å². The van der Waals surface area contributed by atoms with Gasteiger partial charge in [0.15, 0.2) is 0 Å². The smallest absolute Gasteiger partial charge is 0.326 e. The number of hydrogen-bond donors (Lipinski definition) is 3. The summed E-state index contributed by atoms with van der Waals surface area (Å²) in [4.78, 5) is 26.9. The zero-order valence-corrected chi connectivity index (χ0v) is 15.3. The highest BCUT2D eigenvalue weighted by molar-refractivity contribution is 7.87. The number of aromatic nitrogens is 1. The van der Waals surface area contributed by atoms with E-state index in [0.717, 1.165) is 6.42 Å². The molecule has 1 aromatic rings. The largest absolute Gasteiger partial charge is 0.480 e. The molecule has 1 fully saturated rings. The van der Waals surface area contributed by atoms with E-state index in [-0.39, 0.29) is 17.7 Å². The number of hydrogen-bond acceptors (Lipinski definition) is 6. The lowest BCUT2D eigenvalue weighted by molar-refractivity contribution is 0.0946. The van der Waals surface area contributed by atoms with Gasteiger partial charge in [0, 0.05) is 25.8 Å².